The van der Waals surface area contributed by atoms with Crippen molar-refractivity contribution in [2.45, 2.75) is 114 Å². The lowest BCUT2D eigenvalue weighted by Crippen LogP contribution is -2.55. The Labute approximate surface area is 294 Å². The maximum atomic E-state index is 14.3. The van der Waals surface area contributed by atoms with Crippen LogP contribution in [0.2, 0.25) is 0 Å². The minimum absolute atomic E-state index is 0.0200. The van der Waals surface area contributed by atoms with Crippen LogP contribution in [0.1, 0.15) is 96.0 Å². The Kier molecular flexibility index (Phi) is 18.8. The van der Waals surface area contributed by atoms with Crippen LogP contribution in [0.5, 0.6) is 0 Å². The van der Waals surface area contributed by atoms with Crippen LogP contribution < -0.4 is 5.32 Å². The third-order valence-electron chi connectivity index (χ3n) is 8.87. The number of hydrogen-bond acceptors (Lipinski definition) is 6. The fourth-order valence-electron chi connectivity index (χ4n) is 5.81. The van der Waals surface area contributed by atoms with Gasteiger partial charge in [0.25, 0.3) is 0 Å². The number of halogens is 3. The van der Waals surface area contributed by atoms with E-state index in [-0.39, 0.29) is 31.7 Å². The Balaban J connectivity index is 2.07. The summed E-state index contributed by atoms with van der Waals surface area (Å²) in [6.45, 7) is 1.93. The van der Waals surface area contributed by atoms with Gasteiger partial charge in [-0.3, -0.25) is 4.79 Å². The first-order chi connectivity index (χ1) is 23.9. The Morgan fingerprint density at radius 1 is 0.880 bits per heavy atom. The van der Waals surface area contributed by atoms with Gasteiger partial charge in [0.2, 0.25) is 11.8 Å². The van der Waals surface area contributed by atoms with Gasteiger partial charge in [-0.2, -0.15) is 0 Å². The summed E-state index contributed by atoms with van der Waals surface area (Å²) < 4.78 is 52.6. The molecule has 0 saturated carbocycles. The van der Waals surface area contributed by atoms with E-state index in [2.05, 4.69) is 12.2 Å². The number of hydrogen-bond donors (Lipinski definition) is 3. The van der Waals surface area contributed by atoms with Crippen LogP contribution >= 0.6 is 0 Å². The predicted octanol–water partition coefficient (Wildman–Crippen LogP) is 8.05. The molecule has 0 aliphatic rings. The van der Waals surface area contributed by atoms with Crippen LogP contribution in [0.15, 0.2) is 60.7 Å². The van der Waals surface area contributed by atoms with E-state index in [1.54, 1.807) is 48.5 Å². The number of carboxylic acid groups (broad SMARTS) is 1. The summed E-state index contributed by atoms with van der Waals surface area (Å²) in [4.78, 5) is 38.7. The van der Waals surface area contributed by atoms with Gasteiger partial charge in [0.15, 0.2) is 5.60 Å². The summed E-state index contributed by atoms with van der Waals surface area (Å²) in [5, 5.41) is 23.8. The van der Waals surface area contributed by atoms with Gasteiger partial charge in [0.05, 0.1) is 13.0 Å². The summed E-state index contributed by atoms with van der Waals surface area (Å²) in [6, 6.07) is 11.8. The van der Waals surface area contributed by atoms with Crippen molar-refractivity contribution in [1.29, 1.82) is 0 Å². The maximum Gasteiger partial charge on any atom is 0.336 e. The Hall–Kier alpha value is -3.70. The molecule has 0 spiro atoms. The van der Waals surface area contributed by atoms with E-state index >= 15 is 0 Å². The molecule has 0 aromatic heterocycles. The van der Waals surface area contributed by atoms with E-state index in [9.17, 15) is 37.8 Å². The van der Waals surface area contributed by atoms with Crippen LogP contribution in [0.3, 0.4) is 0 Å². The molecule has 2 aromatic rings. The third kappa shape index (κ3) is 14.3. The molecule has 1 amide bonds. The topological polar surface area (TPSA) is 122 Å². The number of methoxy groups -OCH3 is 2. The second-order valence-electron chi connectivity index (χ2n) is 12.8. The molecule has 2 aromatic carbocycles. The van der Waals surface area contributed by atoms with E-state index < -0.39 is 47.7 Å². The van der Waals surface area contributed by atoms with Gasteiger partial charge in [-0.15, -0.1) is 0 Å². The first kappa shape index (κ1) is 42.5. The van der Waals surface area contributed by atoms with Gasteiger partial charge in [0, 0.05) is 45.0 Å². The van der Waals surface area contributed by atoms with E-state index in [1.807, 2.05) is 0 Å². The van der Waals surface area contributed by atoms with E-state index in [0.29, 0.717) is 55.2 Å². The molecule has 0 heterocycles. The number of carboxylic acids is 1. The highest BCUT2D eigenvalue weighted by molar-refractivity contribution is 5.92. The number of unbranched alkanes of at least 4 members (excludes halogenated alkanes) is 8. The maximum absolute atomic E-state index is 14.3. The van der Waals surface area contributed by atoms with Crippen LogP contribution in [0.4, 0.5) is 13.2 Å². The molecule has 0 fully saturated rings. The van der Waals surface area contributed by atoms with Gasteiger partial charge in [-0.1, -0.05) is 100 Å². The van der Waals surface area contributed by atoms with Gasteiger partial charge < -0.3 is 25.0 Å². The number of aliphatic hydroxyl groups is 1. The first-order valence-corrected chi connectivity index (χ1v) is 17.6. The smallest absolute Gasteiger partial charge is 0.336 e. The van der Waals surface area contributed by atoms with Crippen molar-refractivity contribution in [1.82, 2.24) is 5.32 Å². The number of alkyl halides is 2. The Morgan fingerprint density at radius 3 is 2.08 bits per heavy atom. The molecule has 278 valence electrons. The number of benzene rings is 2. The molecule has 0 unspecified atom stereocenters. The molecule has 0 bridgehead atoms. The molecule has 8 nitrogen and oxygen atoms in total. The molecular formula is C39H54F3NO7. The highest BCUT2D eigenvalue weighted by atomic mass is 19.3. The van der Waals surface area contributed by atoms with Gasteiger partial charge in [-0.25, -0.2) is 22.8 Å². The molecule has 50 heavy (non-hydrogen) atoms. The number of amides is 1. The second-order valence-corrected chi connectivity index (χ2v) is 12.8. The number of allylic oxidation sites excluding steroid dienone is 1. The summed E-state index contributed by atoms with van der Waals surface area (Å²) in [6.07, 6.45) is 9.42. The third-order valence-corrected chi connectivity index (χ3v) is 8.87. The second kappa shape index (κ2) is 22.2. The molecular weight excluding hydrogens is 651 g/mol. The lowest BCUT2D eigenvalue weighted by molar-refractivity contribution is -0.169. The zero-order chi connectivity index (χ0) is 37.0. The zero-order valence-electron chi connectivity index (χ0n) is 29.6. The molecule has 0 aliphatic carbocycles. The average molecular weight is 706 g/mol. The summed E-state index contributed by atoms with van der Waals surface area (Å²) in [7, 11) is 2.49. The number of carbonyl (C=O) groups is 3. The van der Waals surface area contributed by atoms with E-state index in [1.165, 1.54) is 19.3 Å². The highest BCUT2D eigenvalue weighted by Crippen LogP contribution is 2.29. The van der Waals surface area contributed by atoms with Gasteiger partial charge >= 0.3 is 11.9 Å². The zero-order valence-corrected chi connectivity index (χ0v) is 29.6. The molecule has 0 saturated heterocycles. The Bertz CT molecular complexity index is 1350. The minimum atomic E-state index is -2.66. The molecule has 3 atom stereocenters. The van der Waals surface area contributed by atoms with Crippen molar-refractivity contribution in [2.24, 2.45) is 5.92 Å². The van der Waals surface area contributed by atoms with Crippen LogP contribution in [-0.2, 0) is 30.3 Å². The largest absolute Gasteiger partial charge is 0.479 e. The van der Waals surface area contributed by atoms with Gasteiger partial charge in [-0.05, 0) is 42.9 Å². The minimum Gasteiger partial charge on any atom is -0.479 e. The van der Waals surface area contributed by atoms with E-state index in [0.717, 1.165) is 32.8 Å². The van der Waals surface area contributed by atoms with Crippen molar-refractivity contribution < 1.29 is 47.2 Å². The summed E-state index contributed by atoms with van der Waals surface area (Å²) in [5.74, 6) is -7.97. The number of rotatable bonds is 25. The van der Waals surface area contributed by atoms with E-state index in [4.69, 9.17) is 9.47 Å². The first-order valence-electron chi connectivity index (χ1n) is 17.6. The van der Waals surface area contributed by atoms with Crippen molar-refractivity contribution in [3.05, 3.63) is 72.1 Å². The quantitative estimate of drug-likeness (QED) is 0.0543. The standard InChI is InChI=1S/C39H54F3NO7/c1-4-5-6-10-15-24-38(41,42)25-16-11-8-7-9-12-18-32(39(48,37(46)47)26-27-49-2)35(44)43-34(36(45)50-3)28-29-20-22-30(23-21-29)31-17-13-14-19-33(31)40/h12-14,17-23,32,34,48H,4-11,15-16,24-28H2,1-3H3,(H,43,44)(H,46,47)/b18-12+/t32-,34+,39+/m1/s1. The number of aliphatic carboxylic acids is 1. The van der Waals surface area contributed by atoms with Crippen molar-refractivity contribution in [3.63, 3.8) is 0 Å². The monoisotopic (exact) mass is 705 g/mol. The predicted molar refractivity (Wildman–Crippen MR) is 187 cm³/mol. The van der Waals surface area contributed by atoms with Crippen molar-refractivity contribution >= 4 is 17.8 Å². The summed E-state index contributed by atoms with van der Waals surface area (Å²) in [5.41, 5.74) is -0.918. The van der Waals surface area contributed by atoms with Crippen LogP contribution in [-0.4, -0.2) is 66.5 Å². The molecule has 2 rings (SSSR count). The number of esters is 1. The lowest BCUT2D eigenvalue weighted by Gasteiger charge is -2.30. The number of carbonyl (C=O) groups excluding carboxylic acids is 2. The summed E-state index contributed by atoms with van der Waals surface area (Å²) >= 11 is 0. The molecule has 0 radical (unpaired) electrons. The SMILES string of the molecule is CCCCCCCC(F)(F)CCCCCC/C=C/[C@H](C(=O)N[C@@H](Cc1ccc(-c2ccccc2F)cc1)C(=O)OC)[C@@](O)(CCOC)C(=O)O. The van der Waals surface area contributed by atoms with Gasteiger partial charge in [0.1, 0.15) is 11.9 Å². The van der Waals surface area contributed by atoms with Crippen LogP contribution in [0.25, 0.3) is 11.1 Å². The fraction of sp³-hybridized carbons (Fsp3) is 0.564. The van der Waals surface area contributed by atoms with Crippen molar-refractivity contribution in [2.75, 3.05) is 20.8 Å². The normalized spacial score (nSPS) is 14.2. The fourth-order valence-corrected chi connectivity index (χ4v) is 5.81. The van der Waals surface area contributed by atoms with Crippen LogP contribution in [0, 0.1) is 11.7 Å². The lowest BCUT2D eigenvalue weighted by atomic mass is 9.83. The average Bonchev–Trinajstić information content (AvgIpc) is 3.09. The molecule has 11 heteroatoms. The Morgan fingerprint density at radius 2 is 1.50 bits per heavy atom. The number of ether oxygens (including phenoxy) is 2. The number of nitrogens with one attached hydrogen (secondary N) is 1. The highest BCUT2D eigenvalue weighted by Gasteiger charge is 2.47. The molecule has 3 N–H and O–H groups in total. The molecule has 0 aliphatic heterocycles. The van der Waals surface area contributed by atoms with Crippen molar-refractivity contribution in [3.8, 4) is 11.1 Å².